The summed E-state index contributed by atoms with van der Waals surface area (Å²) >= 11 is 0. The third-order valence-corrected chi connectivity index (χ3v) is 6.88. The zero-order chi connectivity index (χ0) is 30.7. The van der Waals surface area contributed by atoms with Crippen molar-refractivity contribution >= 4 is 23.6 Å². The van der Waals surface area contributed by atoms with Gasteiger partial charge in [0, 0.05) is 38.0 Å². The Morgan fingerprint density at radius 2 is 1.95 bits per heavy atom. The van der Waals surface area contributed by atoms with Crippen LogP contribution in [0.2, 0.25) is 0 Å². The van der Waals surface area contributed by atoms with E-state index in [0.29, 0.717) is 12.0 Å². The SMILES string of the molecule is C=CCNC1=C2C[C@@H](C)C[C@H](OC)[C@H](O)C/C=C(\C)[C@H](OC(N)=O)[C@@H](OC)/C=C\C=C(/C)C(=O)NC(=CC1=O)C2=O. The molecule has 1 aliphatic carbocycles. The first-order valence-corrected chi connectivity index (χ1v) is 13.3. The number of aliphatic hydroxyl groups excluding tert-OH is 1. The lowest BCUT2D eigenvalue weighted by Crippen LogP contribution is -2.36. The highest BCUT2D eigenvalue weighted by atomic mass is 16.6. The summed E-state index contributed by atoms with van der Waals surface area (Å²) in [6, 6.07) is 0. The van der Waals surface area contributed by atoms with E-state index in [9.17, 15) is 24.3 Å². The van der Waals surface area contributed by atoms with Gasteiger partial charge in [0.15, 0.2) is 6.10 Å². The maximum Gasteiger partial charge on any atom is 0.405 e. The molecule has 41 heavy (non-hydrogen) atoms. The van der Waals surface area contributed by atoms with Gasteiger partial charge in [0.05, 0.1) is 23.6 Å². The van der Waals surface area contributed by atoms with Gasteiger partial charge in [0.1, 0.15) is 6.10 Å². The molecule has 0 saturated heterocycles. The maximum atomic E-state index is 13.5. The Kier molecular flexibility index (Phi) is 12.9. The number of allylic oxidation sites excluding steroid dienone is 4. The molecule has 5 N–H and O–H groups in total. The summed E-state index contributed by atoms with van der Waals surface area (Å²) in [5.41, 5.74) is 6.39. The van der Waals surface area contributed by atoms with Gasteiger partial charge in [-0.05, 0) is 44.6 Å². The van der Waals surface area contributed by atoms with Crippen molar-refractivity contribution < 1.29 is 38.5 Å². The van der Waals surface area contributed by atoms with Crippen molar-refractivity contribution in [1.29, 1.82) is 0 Å². The second-order valence-electron chi connectivity index (χ2n) is 10.1. The number of ether oxygens (including phenoxy) is 3. The second-order valence-corrected chi connectivity index (χ2v) is 10.1. The molecule has 0 saturated carbocycles. The number of aliphatic hydroxyl groups is 1. The van der Waals surface area contributed by atoms with Gasteiger partial charge < -0.3 is 35.7 Å². The highest BCUT2D eigenvalue weighted by Crippen LogP contribution is 2.27. The maximum absolute atomic E-state index is 13.5. The molecule has 0 spiro atoms. The fourth-order valence-corrected chi connectivity index (χ4v) is 4.62. The highest BCUT2D eigenvalue weighted by molar-refractivity contribution is 6.23. The number of ketones is 2. The van der Waals surface area contributed by atoms with E-state index in [1.807, 2.05) is 6.92 Å². The summed E-state index contributed by atoms with van der Waals surface area (Å²) in [5, 5.41) is 16.5. The average Bonchev–Trinajstić information content (AvgIpc) is 2.93. The summed E-state index contributed by atoms with van der Waals surface area (Å²) in [7, 11) is 2.91. The lowest BCUT2D eigenvalue weighted by atomic mass is 9.86. The fourth-order valence-electron chi connectivity index (χ4n) is 4.62. The number of methoxy groups -OCH3 is 2. The first-order valence-electron chi connectivity index (χ1n) is 13.3. The quantitative estimate of drug-likeness (QED) is 0.276. The third-order valence-electron chi connectivity index (χ3n) is 6.88. The van der Waals surface area contributed by atoms with Gasteiger partial charge in [-0.1, -0.05) is 37.3 Å². The smallest absolute Gasteiger partial charge is 0.405 e. The Morgan fingerprint density at radius 1 is 1.24 bits per heavy atom. The van der Waals surface area contributed by atoms with Gasteiger partial charge in [0.2, 0.25) is 11.6 Å². The third kappa shape index (κ3) is 9.38. The molecular formula is C30H41N3O8. The van der Waals surface area contributed by atoms with Gasteiger partial charge in [-0.15, -0.1) is 6.58 Å². The van der Waals surface area contributed by atoms with Crippen molar-refractivity contribution in [3.05, 3.63) is 71.1 Å². The van der Waals surface area contributed by atoms with Crippen LogP contribution in [-0.4, -0.2) is 73.9 Å². The van der Waals surface area contributed by atoms with E-state index in [2.05, 4.69) is 17.2 Å². The second kappa shape index (κ2) is 15.8. The van der Waals surface area contributed by atoms with Crippen molar-refractivity contribution in [2.45, 2.75) is 64.4 Å². The van der Waals surface area contributed by atoms with E-state index in [4.69, 9.17) is 19.9 Å². The van der Waals surface area contributed by atoms with Gasteiger partial charge in [-0.2, -0.15) is 0 Å². The Labute approximate surface area is 240 Å². The van der Waals surface area contributed by atoms with Crippen molar-refractivity contribution in [1.82, 2.24) is 10.6 Å². The molecule has 2 bridgehead atoms. The Bertz CT molecular complexity index is 1180. The van der Waals surface area contributed by atoms with E-state index in [1.165, 1.54) is 20.3 Å². The number of hydrogen-bond donors (Lipinski definition) is 4. The van der Waals surface area contributed by atoms with Crippen LogP contribution in [0.1, 0.15) is 40.0 Å². The molecule has 2 amide bonds. The molecule has 2 aliphatic rings. The average molecular weight is 572 g/mol. The molecule has 224 valence electrons. The number of amides is 2. The van der Waals surface area contributed by atoms with Crippen LogP contribution in [0.4, 0.5) is 4.79 Å². The van der Waals surface area contributed by atoms with Gasteiger partial charge in [-0.3, -0.25) is 14.4 Å². The minimum atomic E-state index is -0.998. The van der Waals surface area contributed by atoms with Crippen LogP contribution in [0.25, 0.3) is 0 Å². The highest BCUT2D eigenvalue weighted by Gasteiger charge is 2.32. The molecule has 0 unspecified atom stereocenters. The van der Waals surface area contributed by atoms with Crippen LogP contribution in [0.5, 0.6) is 0 Å². The molecule has 0 aromatic carbocycles. The largest absolute Gasteiger partial charge is 0.439 e. The molecule has 0 aromatic heterocycles. The van der Waals surface area contributed by atoms with Gasteiger partial charge >= 0.3 is 6.09 Å². The number of nitrogens with one attached hydrogen (secondary N) is 2. The summed E-state index contributed by atoms with van der Waals surface area (Å²) in [4.78, 5) is 51.1. The molecule has 11 heteroatoms. The van der Waals surface area contributed by atoms with Crippen LogP contribution in [0.3, 0.4) is 0 Å². The number of carbonyl (C=O) groups excluding carboxylic acids is 4. The normalized spacial score (nSPS) is 30.2. The number of fused-ring (bicyclic) bond motifs is 2. The molecule has 2 rings (SSSR count). The first kappa shape index (κ1) is 33.4. The van der Waals surface area contributed by atoms with E-state index in [1.54, 1.807) is 38.2 Å². The molecule has 11 nitrogen and oxygen atoms in total. The Balaban J connectivity index is 2.57. The van der Waals surface area contributed by atoms with Crippen LogP contribution in [0, 0.1) is 5.92 Å². The van der Waals surface area contributed by atoms with Crippen molar-refractivity contribution in [3.8, 4) is 0 Å². The van der Waals surface area contributed by atoms with E-state index < -0.39 is 48.0 Å². The standard InChI is InChI=1S/C30H41N3O8/c1-7-13-32-26-20-14-17(2)15-25(40-6)22(34)12-11-18(3)28(41-30(31)38)24(39-5)10-8-9-19(4)29(37)33-21(27(20)36)16-23(26)35/h7-11,16-17,22,24-25,28,32,34H,1,12-15H2,2-6H3,(H2,31,38)(H,33,37)/b10-8-,18-11+,19-9+/t17-,22-,24+,25+,28+/m1/s1. The lowest BCUT2D eigenvalue weighted by molar-refractivity contribution is -0.120. The van der Waals surface area contributed by atoms with E-state index in [0.717, 1.165) is 6.08 Å². The zero-order valence-electron chi connectivity index (χ0n) is 24.3. The predicted octanol–water partition coefficient (Wildman–Crippen LogP) is 2.29. The van der Waals surface area contributed by atoms with Crippen LogP contribution < -0.4 is 16.4 Å². The molecule has 0 radical (unpaired) electrons. The number of primary amides is 1. The van der Waals surface area contributed by atoms with E-state index >= 15 is 0 Å². The zero-order valence-corrected chi connectivity index (χ0v) is 24.3. The molecular weight excluding hydrogens is 530 g/mol. The Morgan fingerprint density at radius 3 is 2.56 bits per heavy atom. The Hall–Kier alpha value is -3.80. The topological polar surface area (TPSA) is 166 Å². The first-order chi connectivity index (χ1) is 19.4. The van der Waals surface area contributed by atoms with Gasteiger partial charge in [-0.25, -0.2) is 4.79 Å². The summed E-state index contributed by atoms with van der Waals surface area (Å²) in [6.07, 6.45) is 5.55. The number of carbonyl (C=O) groups is 4. The number of rotatable bonds is 6. The minimum Gasteiger partial charge on any atom is -0.439 e. The summed E-state index contributed by atoms with van der Waals surface area (Å²) in [6.45, 7) is 9.07. The molecule has 0 aromatic rings. The van der Waals surface area contributed by atoms with Gasteiger partial charge in [0.25, 0.3) is 5.91 Å². The fraction of sp³-hybridized carbons (Fsp3) is 0.467. The van der Waals surface area contributed by atoms with Crippen LogP contribution in [-0.2, 0) is 28.6 Å². The summed E-state index contributed by atoms with van der Waals surface area (Å²) < 4.78 is 16.4. The van der Waals surface area contributed by atoms with Crippen LogP contribution >= 0.6 is 0 Å². The molecule has 1 aliphatic heterocycles. The minimum absolute atomic E-state index is 0.131. The van der Waals surface area contributed by atoms with Crippen molar-refractivity contribution in [2.75, 3.05) is 20.8 Å². The number of hydrogen-bond acceptors (Lipinski definition) is 9. The van der Waals surface area contributed by atoms with Crippen molar-refractivity contribution in [3.63, 3.8) is 0 Å². The molecule has 1 heterocycles. The predicted molar refractivity (Wildman–Crippen MR) is 153 cm³/mol. The molecule has 0 fully saturated rings. The van der Waals surface area contributed by atoms with Crippen LogP contribution in [0.15, 0.2) is 71.1 Å². The number of nitrogens with two attached hydrogens (primary N) is 1. The van der Waals surface area contributed by atoms with E-state index in [-0.39, 0.29) is 47.8 Å². The molecule has 5 atom stereocenters. The number of Topliss-reactive ketones (excluding diaryl/α,β-unsaturated/α-hetero) is 1. The monoisotopic (exact) mass is 571 g/mol. The van der Waals surface area contributed by atoms with Crippen molar-refractivity contribution in [2.24, 2.45) is 11.7 Å². The summed E-state index contributed by atoms with van der Waals surface area (Å²) in [5.74, 6) is -1.69. The lowest BCUT2D eigenvalue weighted by Gasteiger charge is -2.27.